The van der Waals surface area contributed by atoms with Crippen LogP contribution in [0.25, 0.3) is 0 Å². The fourth-order valence-corrected chi connectivity index (χ4v) is 2.26. The van der Waals surface area contributed by atoms with Crippen LogP contribution < -0.4 is 5.32 Å². The van der Waals surface area contributed by atoms with Crippen LogP contribution in [0.3, 0.4) is 0 Å². The van der Waals surface area contributed by atoms with Crippen LogP contribution in [0.2, 0.25) is 5.02 Å². The quantitative estimate of drug-likeness (QED) is 0.804. The highest BCUT2D eigenvalue weighted by molar-refractivity contribution is 9.10. The third-order valence-electron chi connectivity index (χ3n) is 2.90. The molecule has 2 rings (SSSR count). The Hall–Kier alpha value is -0.990. The van der Waals surface area contributed by atoms with Gasteiger partial charge in [-0.3, -0.25) is 0 Å². The second-order valence-electron chi connectivity index (χ2n) is 4.40. The summed E-state index contributed by atoms with van der Waals surface area (Å²) in [5, 5.41) is 4.17. The average molecular weight is 325 g/mol. The van der Waals surface area contributed by atoms with Gasteiger partial charge in [-0.1, -0.05) is 45.7 Å². The van der Waals surface area contributed by atoms with Crippen molar-refractivity contribution in [1.82, 2.24) is 0 Å². The maximum absolute atomic E-state index is 6.09. The number of benzene rings is 2. The predicted octanol–water partition coefficient (Wildman–Crippen LogP) is 5.33. The lowest BCUT2D eigenvalue weighted by atomic mass is 10.1. The van der Waals surface area contributed by atoms with Crippen LogP contribution in [0.5, 0.6) is 0 Å². The Balaban J connectivity index is 2.06. The fraction of sp³-hybridized carbons (Fsp3) is 0.200. The Morgan fingerprint density at radius 2 is 1.78 bits per heavy atom. The van der Waals surface area contributed by atoms with Gasteiger partial charge in [0.15, 0.2) is 0 Å². The monoisotopic (exact) mass is 323 g/mol. The normalized spacial score (nSPS) is 10.4. The molecule has 0 spiro atoms. The minimum atomic E-state index is 0.790. The molecule has 0 saturated carbocycles. The molecule has 1 nitrogen and oxygen atoms in total. The van der Waals surface area contributed by atoms with E-state index >= 15 is 0 Å². The zero-order chi connectivity index (χ0) is 13.1. The van der Waals surface area contributed by atoms with E-state index in [9.17, 15) is 0 Å². The first-order valence-electron chi connectivity index (χ1n) is 5.81. The first-order valence-corrected chi connectivity index (χ1v) is 6.98. The molecule has 94 valence electrons. The zero-order valence-electron chi connectivity index (χ0n) is 10.4. The Morgan fingerprint density at radius 3 is 2.44 bits per heavy atom. The lowest BCUT2D eigenvalue weighted by molar-refractivity contribution is 1.14. The van der Waals surface area contributed by atoms with Gasteiger partial charge >= 0.3 is 0 Å². The van der Waals surface area contributed by atoms with Gasteiger partial charge in [0.05, 0.1) is 0 Å². The predicted molar refractivity (Wildman–Crippen MR) is 82.4 cm³/mol. The Kier molecular flexibility index (Phi) is 4.31. The number of aryl methyl sites for hydroxylation is 2. The molecule has 0 saturated heterocycles. The minimum Gasteiger partial charge on any atom is -0.381 e. The minimum absolute atomic E-state index is 0.790. The largest absolute Gasteiger partial charge is 0.381 e. The van der Waals surface area contributed by atoms with Crippen molar-refractivity contribution in [2.45, 2.75) is 20.4 Å². The van der Waals surface area contributed by atoms with E-state index in [-0.39, 0.29) is 0 Å². The van der Waals surface area contributed by atoms with Gasteiger partial charge in [0.2, 0.25) is 0 Å². The van der Waals surface area contributed by atoms with E-state index in [1.54, 1.807) is 0 Å². The molecular formula is C15H15BrClN. The van der Waals surface area contributed by atoms with Crippen LogP contribution in [0.15, 0.2) is 40.9 Å². The van der Waals surface area contributed by atoms with Gasteiger partial charge in [-0.15, -0.1) is 0 Å². The third-order valence-corrected chi connectivity index (χ3v) is 4.17. The highest BCUT2D eigenvalue weighted by Crippen LogP contribution is 2.21. The molecule has 0 unspecified atom stereocenters. The second kappa shape index (κ2) is 5.77. The van der Waals surface area contributed by atoms with Crippen molar-refractivity contribution in [3.8, 4) is 0 Å². The van der Waals surface area contributed by atoms with Crippen LogP contribution >= 0.6 is 27.5 Å². The zero-order valence-corrected chi connectivity index (χ0v) is 12.8. The van der Waals surface area contributed by atoms with Gasteiger partial charge in [-0.2, -0.15) is 0 Å². The Labute approximate surface area is 121 Å². The summed E-state index contributed by atoms with van der Waals surface area (Å²) in [6, 6.07) is 12.4. The van der Waals surface area contributed by atoms with Gasteiger partial charge in [-0.25, -0.2) is 0 Å². The molecule has 18 heavy (non-hydrogen) atoms. The van der Waals surface area contributed by atoms with Crippen molar-refractivity contribution in [1.29, 1.82) is 0 Å². The first-order chi connectivity index (χ1) is 8.56. The maximum atomic E-state index is 6.09. The SMILES string of the molecule is Cc1ccc(NCc2ccc(C)c(Br)c2)cc1Cl. The second-order valence-corrected chi connectivity index (χ2v) is 5.66. The molecule has 3 heteroatoms. The van der Waals surface area contributed by atoms with E-state index in [0.717, 1.165) is 27.3 Å². The molecule has 2 aromatic carbocycles. The van der Waals surface area contributed by atoms with Crippen molar-refractivity contribution in [3.63, 3.8) is 0 Å². The summed E-state index contributed by atoms with van der Waals surface area (Å²) in [5.74, 6) is 0. The number of hydrogen-bond donors (Lipinski definition) is 1. The van der Waals surface area contributed by atoms with E-state index < -0.39 is 0 Å². The van der Waals surface area contributed by atoms with Crippen molar-refractivity contribution in [3.05, 3.63) is 62.6 Å². The summed E-state index contributed by atoms with van der Waals surface area (Å²) in [7, 11) is 0. The molecule has 0 aromatic heterocycles. The average Bonchev–Trinajstić information content (AvgIpc) is 2.35. The van der Waals surface area contributed by atoms with Crippen LogP contribution in [0.1, 0.15) is 16.7 Å². The number of rotatable bonds is 3. The fourth-order valence-electron chi connectivity index (χ4n) is 1.65. The van der Waals surface area contributed by atoms with Gasteiger partial charge < -0.3 is 5.32 Å². The molecule has 0 bridgehead atoms. The van der Waals surface area contributed by atoms with Crippen LogP contribution in [0, 0.1) is 13.8 Å². The Morgan fingerprint density at radius 1 is 1.06 bits per heavy atom. The molecule has 0 atom stereocenters. The molecule has 2 aromatic rings. The van der Waals surface area contributed by atoms with E-state index in [1.807, 2.05) is 25.1 Å². The van der Waals surface area contributed by atoms with Gasteiger partial charge in [0, 0.05) is 21.7 Å². The van der Waals surface area contributed by atoms with Crippen molar-refractivity contribution in [2.75, 3.05) is 5.32 Å². The molecular weight excluding hydrogens is 310 g/mol. The van der Waals surface area contributed by atoms with Gasteiger partial charge in [-0.05, 0) is 48.7 Å². The molecule has 0 amide bonds. The summed E-state index contributed by atoms with van der Waals surface area (Å²) < 4.78 is 1.14. The summed E-state index contributed by atoms with van der Waals surface area (Å²) in [6.45, 7) is 4.88. The lowest BCUT2D eigenvalue weighted by Gasteiger charge is -2.09. The number of halogens is 2. The summed E-state index contributed by atoms with van der Waals surface area (Å²) in [5.41, 5.74) is 4.63. The molecule has 0 aliphatic heterocycles. The lowest BCUT2D eigenvalue weighted by Crippen LogP contribution is -1.99. The molecule has 0 fully saturated rings. The van der Waals surface area contributed by atoms with E-state index in [0.29, 0.717) is 0 Å². The Bertz CT molecular complexity index is 515. The summed E-state index contributed by atoms with van der Waals surface area (Å²) >= 11 is 9.64. The highest BCUT2D eigenvalue weighted by atomic mass is 79.9. The van der Waals surface area contributed by atoms with Crippen molar-refractivity contribution in [2.24, 2.45) is 0 Å². The van der Waals surface area contributed by atoms with Crippen LogP contribution in [0.4, 0.5) is 5.69 Å². The third kappa shape index (κ3) is 3.27. The highest BCUT2D eigenvalue weighted by Gasteiger charge is 2.00. The maximum Gasteiger partial charge on any atom is 0.0455 e. The molecule has 0 aliphatic carbocycles. The van der Waals surface area contributed by atoms with E-state index in [2.05, 4.69) is 46.4 Å². The molecule has 0 radical (unpaired) electrons. The van der Waals surface area contributed by atoms with Crippen molar-refractivity contribution < 1.29 is 0 Å². The molecule has 0 heterocycles. The topological polar surface area (TPSA) is 12.0 Å². The van der Waals surface area contributed by atoms with Crippen molar-refractivity contribution >= 4 is 33.2 Å². The van der Waals surface area contributed by atoms with E-state index in [4.69, 9.17) is 11.6 Å². The molecule has 0 aliphatic rings. The number of hydrogen-bond acceptors (Lipinski definition) is 1. The van der Waals surface area contributed by atoms with E-state index in [1.165, 1.54) is 11.1 Å². The van der Waals surface area contributed by atoms with Crippen LogP contribution in [-0.2, 0) is 6.54 Å². The van der Waals surface area contributed by atoms with Crippen LogP contribution in [-0.4, -0.2) is 0 Å². The number of nitrogens with one attached hydrogen (secondary N) is 1. The number of anilines is 1. The summed E-state index contributed by atoms with van der Waals surface area (Å²) in [4.78, 5) is 0. The molecule has 1 N–H and O–H groups in total. The van der Waals surface area contributed by atoms with Gasteiger partial charge in [0.25, 0.3) is 0 Å². The standard InChI is InChI=1S/C15H15BrClN/c1-10-3-5-12(7-14(10)16)9-18-13-6-4-11(2)15(17)8-13/h3-8,18H,9H2,1-2H3. The first kappa shape index (κ1) is 13.4. The summed E-state index contributed by atoms with van der Waals surface area (Å²) in [6.07, 6.45) is 0. The smallest absolute Gasteiger partial charge is 0.0455 e. The van der Waals surface area contributed by atoms with Gasteiger partial charge in [0.1, 0.15) is 0 Å².